The Labute approximate surface area is 214 Å². The number of aliphatic imine (C=N–C) groups is 1. The lowest BCUT2D eigenvalue weighted by Gasteiger charge is -2.25. The van der Waals surface area contributed by atoms with Crippen molar-refractivity contribution < 1.29 is 23.5 Å². The summed E-state index contributed by atoms with van der Waals surface area (Å²) in [6.07, 6.45) is -1.43. The van der Waals surface area contributed by atoms with Gasteiger partial charge >= 0.3 is 12.0 Å². The average Bonchev–Trinajstić information content (AvgIpc) is 3.00. The first-order valence-electron chi connectivity index (χ1n) is 11.9. The van der Waals surface area contributed by atoms with Gasteiger partial charge in [0.1, 0.15) is 12.4 Å². The Bertz CT molecular complexity index is 1330. The van der Waals surface area contributed by atoms with Crippen LogP contribution in [0.25, 0.3) is 0 Å². The van der Waals surface area contributed by atoms with Crippen molar-refractivity contribution in [3.63, 3.8) is 0 Å². The number of nitrogens with one attached hydrogen (secondary N) is 2. The van der Waals surface area contributed by atoms with E-state index in [0.29, 0.717) is 11.3 Å². The fourth-order valence-electron chi connectivity index (χ4n) is 4.08. The van der Waals surface area contributed by atoms with Crippen LogP contribution in [0.5, 0.6) is 0 Å². The van der Waals surface area contributed by atoms with Crippen LogP contribution in [-0.4, -0.2) is 42.9 Å². The number of para-hydroxylation sites is 1. The lowest BCUT2D eigenvalue weighted by molar-refractivity contribution is -0.142. The summed E-state index contributed by atoms with van der Waals surface area (Å²) in [6.45, 7) is 3.21. The molecule has 0 saturated heterocycles. The lowest BCUT2D eigenvalue weighted by atomic mass is 10.00. The number of ether oxygens (including phenoxy) is 1. The Morgan fingerprint density at radius 3 is 2.35 bits per heavy atom. The monoisotopic (exact) mass is 502 g/mol. The first kappa shape index (κ1) is 25.6. The van der Waals surface area contributed by atoms with Crippen molar-refractivity contribution in [1.82, 2.24) is 10.6 Å². The van der Waals surface area contributed by atoms with Crippen LogP contribution in [0.1, 0.15) is 36.6 Å². The van der Waals surface area contributed by atoms with Gasteiger partial charge in [0, 0.05) is 11.1 Å². The molecule has 0 spiro atoms. The molecule has 190 valence electrons. The highest BCUT2D eigenvalue weighted by molar-refractivity contribution is 6.20. The third-order valence-corrected chi connectivity index (χ3v) is 5.84. The highest BCUT2D eigenvalue weighted by Crippen LogP contribution is 2.29. The number of amides is 3. The second-order valence-electron chi connectivity index (χ2n) is 8.36. The second kappa shape index (κ2) is 11.5. The number of urea groups is 1. The van der Waals surface area contributed by atoms with Gasteiger partial charge in [0.2, 0.25) is 6.17 Å². The van der Waals surface area contributed by atoms with Gasteiger partial charge in [-0.2, -0.15) is 0 Å². The predicted octanol–water partition coefficient (Wildman–Crippen LogP) is 3.96. The van der Waals surface area contributed by atoms with Crippen molar-refractivity contribution >= 4 is 29.3 Å². The number of fused-ring (bicyclic) bond motifs is 1. The number of benzodiazepines with no additional fused rings is 1. The highest BCUT2D eigenvalue weighted by Gasteiger charge is 2.35. The van der Waals surface area contributed by atoms with Gasteiger partial charge in [0.15, 0.2) is 0 Å². The Kier molecular flexibility index (Phi) is 7.92. The number of rotatable bonds is 7. The van der Waals surface area contributed by atoms with Crippen molar-refractivity contribution in [3.05, 3.63) is 101 Å². The Balaban J connectivity index is 1.73. The standard InChI is InChI=1S/C28H27FN4O4/c1-3-37-24(34)17-33-23-16-10-8-14-21(23)25(20-13-7-9-15-22(20)29)31-26(27(33)35)32-28(36)30-18(2)19-11-5-4-6-12-19/h4-16,18,26H,3,17H2,1-2H3,(H2,30,32,36). The molecule has 8 nitrogen and oxygen atoms in total. The molecule has 4 rings (SSSR count). The van der Waals surface area contributed by atoms with Gasteiger partial charge in [-0.05, 0) is 37.6 Å². The summed E-state index contributed by atoms with van der Waals surface area (Å²) in [5, 5.41) is 5.39. The SMILES string of the molecule is CCOC(=O)CN1C(=O)C(NC(=O)NC(C)c2ccccc2)N=C(c2ccccc2F)c2ccccc21. The molecular weight excluding hydrogens is 475 g/mol. The molecule has 2 unspecified atom stereocenters. The van der Waals surface area contributed by atoms with Crippen molar-refractivity contribution in [2.45, 2.75) is 26.1 Å². The maximum absolute atomic E-state index is 14.9. The Hall–Kier alpha value is -4.53. The molecule has 2 N–H and O–H groups in total. The van der Waals surface area contributed by atoms with Crippen LogP contribution in [0.15, 0.2) is 83.9 Å². The minimum atomic E-state index is -1.43. The normalized spacial score (nSPS) is 15.6. The third kappa shape index (κ3) is 5.83. The fourth-order valence-corrected chi connectivity index (χ4v) is 4.08. The van der Waals surface area contributed by atoms with Crippen molar-refractivity contribution in [2.24, 2.45) is 4.99 Å². The minimum absolute atomic E-state index is 0.140. The van der Waals surface area contributed by atoms with Crippen LogP contribution in [0.4, 0.5) is 14.9 Å². The van der Waals surface area contributed by atoms with E-state index in [0.717, 1.165) is 5.56 Å². The van der Waals surface area contributed by atoms with E-state index in [4.69, 9.17) is 4.74 Å². The van der Waals surface area contributed by atoms with Gasteiger partial charge in [-0.3, -0.25) is 14.5 Å². The van der Waals surface area contributed by atoms with Crippen molar-refractivity contribution in [3.8, 4) is 0 Å². The maximum atomic E-state index is 14.9. The Morgan fingerprint density at radius 2 is 1.65 bits per heavy atom. The molecule has 3 amide bonds. The number of carbonyl (C=O) groups is 3. The number of esters is 1. The summed E-state index contributed by atoms with van der Waals surface area (Å²) in [7, 11) is 0. The number of nitrogens with zero attached hydrogens (tertiary/aromatic N) is 2. The maximum Gasteiger partial charge on any atom is 0.326 e. The molecule has 1 heterocycles. The number of halogens is 1. The predicted molar refractivity (Wildman–Crippen MR) is 138 cm³/mol. The molecule has 3 aromatic carbocycles. The van der Waals surface area contributed by atoms with E-state index in [1.54, 1.807) is 56.3 Å². The van der Waals surface area contributed by atoms with E-state index < -0.39 is 36.4 Å². The van der Waals surface area contributed by atoms with E-state index in [1.165, 1.54) is 11.0 Å². The summed E-state index contributed by atoms with van der Waals surface area (Å²) in [5.74, 6) is -1.82. The molecule has 9 heteroatoms. The second-order valence-corrected chi connectivity index (χ2v) is 8.36. The minimum Gasteiger partial charge on any atom is -0.465 e. The Morgan fingerprint density at radius 1 is 1.00 bits per heavy atom. The average molecular weight is 503 g/mol. The zero-order valence-electron chi connectivity index (χ0n) is 20.5. The molecular formula is C28H27FN4O4. The zero-order valence-corrected chi connectivity index (χ0v) is 20.5. The van der Waals surface area contributed by atoms with Gasteiger partial charge in [-0.25, -0.2) is 14.2 Å². The van der Waals surface area contributed by atoms with E-state index in [9.17, 15) is 18.8 Å². The summed E-state index contributed by atoms with van der Waals surface area (Å²) in [5.41, 5.74) is 2.00. The van der Waals surface area contributed by atoms with Gasteiger partial charge in [-0.1, -0.05) is 60.7 Å². The smallest absolute Gasteiger partial charge is 0.326 e. The summed E-state index contributed by atoms with van der Waals surface area (Å²) >= 11 is 0. The fraction of sp³-hybridized carbons (Fsp3) is 0.214. The van der Waals surface area contributed by atoms with E-state index in [1.807, 2.05) is 30.3 Å². The number of hydrogen-bond acceptors (Lipinski definition) is 5. The quantitative estimate of drug-likeness (QED) is 0.478. The first-order chi connectivity index (χ1) is 17.9. The number of carbonyl (C=O) groups excluding carboxylic acids is 3. The first-order valence-corrected chi connectivity index (χ1v) is 11.9. The molecule has 0 aliphatic carbocycles. The van der Waals surface area contributed by atoms with Crippen LogP contribution in [0, 0.1) is 5.82 Å². The lowest BCUT2D eigenvalue weighted by Crippen LogP contribution is -2.51. The topological polar surface area (TPSA) is 100 Å². The third-order valence-electron chi connectivity index (χ3n) is 5.84. The largest absolute Gasteiger partial charge is 0.465 e. The van der Waals surface area contributed by atoms with Gasteiger partial charge in [0.05, 0.1) is 24.0 Å². The van der Waals surface area contributed by atoms with E-state index in [-0.39, 0.29) is 23.9 Å². The van der Waals surface area contributed by atoms with Gasteiger partial charge in [-0.15, -0.1) is 0 Å². The van der Waals surface area contributed by atoms with Gasteiger partial charge in [0.25, 0.3) is 5.91 Å². The van der Waals surface area contributed by atoms with Crippen LogP contribution in [-0.2, 0) is 14.3 Å². The number of anilines is 1. The molecule has 1 aliphatic rings. The van der Waals surface area contributed by atoms with Crippen LogP contribution in [0.2, 0.25) is 0 Å². The van der Waals surface area contributed by atoms with Crippen LogP contribution >= 0.6 is 0 Å². The van der Waals surface area contributed by atoms with Crippen molar-refractivity contribution in [2.75, 3.05) is 18.1 Å². The summed E-state index contributed by atoms with van der Waals surface area (Å²) in [6, 6.07) is 21.1. The van der Waals surface area contributed by atoms with E-state index in [2.05, 4.69) is 15.6 Å². The molecule has 1 aliphatic heterocycles. The van der Waals surface area contributed by atoms with Crippen LogP contribution < -0.4 is 15.5 Å². The summed E-state index contributed by atoms with van der Waals surface area (Å²) in [4.78, 5) is 44.7. The summed E-state index contributed by atoms with van der Waals surface area (Å²) < 4.78 is 20.0. The number of hydrogen-bond donors (Lipinski definition) is 2. The van der Waals surface area contributed by atoms with Crippen LogP contribution in [0.3, 0.4) is 0 Å². The number of benzene rings is 3. The molecule has 0 saturated carbocycles. The molecule has 0 bridgehead atoms. The highest BCUT2D eigenvalue weighted by atomic mass is 19.1. The van der Waals surface area contributed by atoms with E-state index >= 15 is 0 Å². The van der Waals surface area contributed by atoms with Crippen molar-refractivity contribution in [1.29, 1.82) is 0 Å². The molecule has 3 aromatic rings. The molecule has 37 heavy (non-hydrogen) atoms. The molecule has 2 atom stereocenters. The molecule has 0 fully saturated rings. The van der Waals surface area contributed by atoms with Gasteiger partial charge < -0.3 is 15.4 Å². The molecule has 0 radical (unpaired) electrons. The zero-order chi connectivity index (χ0) is 26.4. The molecule has 0 aromatic heterocycles.